The van der Waals surface area contributed by atoms with Crippen LogP contribution in [-0.4, -0.2) is 45.2 Å². The van der Waals surface area contributed by atoms with Crippen LogP contribution in [0.15, 0.2) is 30.5 Å². The van der Waals surface area contributed by atoms with Crippen LogP contribution in [0.25, 0.3) is 11.3 Å². The van der Waals surface area contributed by atoms with Crippen molar-refractivity contribution in [1.82, 2.24) is 15.1 Å². The predicted molar refractivity (Wildman–Crippen MR) is 82.9 cm³/mol. The molecule has 0 saturated carbocycles. The van der Waals surface area contributed by atoms with Gasteiger partial charge >= 0.3 is 5.97 Å². The minimum absolute atomic E-state index is 0. The number of carboxylic acid groups (broad SMARTS) is 1. The van der Waals surface area contributed by atoms with E-state index in [0.29, 0.717) is 29.8 Å². The summed E-state index contributed by atoms with van der Waals surface area (Å²) in [5, 5.41) is 15.6. The van der Waals surface area contributed by atoms with Crippen LogP contribution in [0.5, 0.6) is 0 Å². The zero-order chi connectivity index (χ0) is 15.7. The molecule has 3 rings (SSSR count). The van der Waals surface area contributed by atoms with Crippen LogP contribution in [0.4, 0.5) is 4.39 Å². The van der Waals surface area contributed by atoms with Gasteiger partial charge in [-0.2, -0.15) is 5.10 Å². The van der Waals surface area contributed by atoms with Crippen molar-refractivity contribution < 1.29 is 19.1 Å². The van der Waals surface area contributed by atoms with Crippen LogP contribution in [0.3, 0.4) is 0 Å². The monoisotopic (exact) mass is 339 g/mol. The first kappa shape index (κ1) is 17.0. The van der Waals surface area contributed by atoms with Gasteiger partial charge in [-0.15, -0.1) is 12.4 Å². The van der Waals surface area contributed by atoms with Crippen molar-refractivity contribution in [3.63, 3.8) is 0 Å². The number of nitrogens with zero attached hydrogens (tertiary/aromatic N) is 2. The molecule has 0 bridgehead atoms. The molecule has 2 heterocycles. The average Bonchev–Trinajstić information content (AvgIpc) is 3.17. The van der Waals surface area contributed by atoms with Crippen molar-refractivity contribution in [2.75, 3.05) is 13.1 Å². The molecular weight excluding hydrogens is 325 g/mol. The summed E-state index contributed by atoms with van der Waals surface area (Å²) in [5.74, 6) is -2.04. The maximum absolute atomic E-state index is 13.0. The highest BCUT2D eigenvalue weighted by atomic mass is 35.5. The Morgan fingerprint density at radius 1 is 1.30 bits per heavy atom. The fourth-order valence-corrected chi connectivity index (χ4v) is 2.60. The van der Waals surface area contributed by atoms with Gasteiger partial charge in [-0.3, -0.25) is 14.7 Å². The molecule has 2 aromatic rings. The summed E-state index contributed by atoms with van der Waals surface area (Å²) in [4.78, 5) is 25.0. The van der Waals surface area contributed by atoms with Gasteiger partial charge < -0.3 is 10.0 Å². The van der Waals surface area contributed by atoms with Crippen molar-refractivity contribution >= 4 is 24.3 Å². The third-order valence-corrected chi connectivity index (χ3v) is 3.83. The molecular formula is C15H15ClFN3O3. The zero-order valence-corrected chi connectivity index (χ0v) is 12.8. The largest absolute Gasteiger partial charge is 0.481 e. The molecule has 6 nitrogen and oxygen atoms in total. The molecule has 1 aromatic heterocycles. The van der Waals surface area contributed by atoms with E-state index in [1.807, 2.05) is 0 Å². The fraction of sp³-hybridized carbons (Fsp3) is 0.267. The van der Waals surface area contributed by atoms with E-state index in [1.54, 1.807) is 12.1 Å². The van der Waals surface area contributed by atoms with Crippen molar-refractivity contribution in [1.29, 1.82) is 0 Å². The number of likely N-dealkylation sites (tertiary alicyclic amines) is 1. The highest BCUT2D eigenvalue weighted by Gasteiger charge is 2.32. The van der Waals surface area contributed by atoms with Gasteiger partial charge in [0, 0.05) is 18.7 Å². The van der Waals surface area contributed by atoms with Gasteiger partial charge in [-0.25, -0.2) is 4.39 Å². The molecule has 0 spiro atoms. The lowest BCUT2D eigenvalue weighted by atomic mass is 10.1. The Bertz CT molecular complexity index is 717. The summed E-state index contributed by atoms with van der Waals surface area (Å²) < 4.78 is 13.0. The summed E-state index contributed by atoms with van der Waals surface area (Å²) in [6.45, 7) is 0.603. The zero-order valence-electron chi connectivity index (χ0n) is 12.0. The number of H-pyrrole nitrogens is 1. The lowest BCUT2D eigenvalue weighted by Gasteiger charge is -2.15. The second kappa shape index (κ2) is 6.78. The topological polar surface area (TPSA) is 86.3 Å². The number of amides is 1. The molecule has 122 valence electrons. The SMILES string of the molecule is Cl.O=C(O)C1CCN(C(=O)c2cn[nH]c2-c2ccc(F)cc2)C1. The lowest BCUT2D eigenvalue weighted by molar-refractivity contribution is -0.141. The number of hydrogen-bond acceptors (Lipinski definition) is 3. The number of rotatable bonds is 3. The van der Waals surface area contributed by atoms with Gasteiger partial charge in [0.25, 0.3) is 5.91 Å². The second-order valence-corrected chi connectivity index (χ2v) is 5.24. The van der Waals surface area contributed by atoms with E-state index in [-0.39, 0.29) is 30.7 Å². The van der Waals surface area contributed by atoms with Crippen molar-refractivity contribution in [2.45, 2.75) is 6.42 Å². The number of aromatic amines is 1. The van der Waals surface area contributed by atoms with E-state index in [4.69, 9.17) is 5.11 Å². The summed E-state index contributed by atoms with van der Waals surface area (Å²) in [7, 11) is 0. The van der Waals surface area contributed by atoms with Gasteiger partial charge in [0.15, 0.2) is 0 Å². The van der Waals surface area contributed by atoms with Crippen LogP contribution in [0, 0.1) is 11.7 Å². The third kappa shape index (κ3) is 3.34. The third-order valence-electron chi connectivity index (χ3n) is 3.83. The summed E-state index contributed by atoms with van der Waals surface area (Å²) in [6.07, 6.45) is 1.86. The Balaban J connectivity index is 0.00000192. The number of carbonyl (C=O) groups excluding carboxylic acids is 1. The standard InChI is InChI=1S/C15H14FN3O3.ClH/c16-11-3-1-9(2-4-11)13-12(7-17-18-13)14(20)19-6-5-10(8-19)15(21)22;/h1-4,7,10H,5-6,8H2,(H,17,18)(H,21,22);1H. The van der Waals surface area contributed by atoms with E-state index in [0.717, 1.165) is 0 Å². The highest BCUT2D eigenvalue weighted by molar-refractivity contribution is 6.00. The number of carboxylic acids is 1. The van der Waals surface area contributed by atoms with Crippen molar-refractivity contribution in [2.24, 2.45) is 5.92 Å². The minimum atomic E-state index is -0.888. The molecule has 1 aliphatic rings. The Kier molecular flexibility index (Phi) is 5.00. The van der Waals surface area contributed by atoms with Crippen LogP contribution in [0.1, 0.15) is 16.8 Å². The molecule has 1 atom stereocenters. The highest BCUT2D eigenvalue weighted by Crippen LogP contribution is 2.25. The predicted octanol–water partition coefficient (Wildman–Crippen LogP) is 2.18. The number of halogens is 2. The van der Waals surface area contributed by atoms with E-state index >= 15 is 0 Å². The fourth-order valence-electron chi connectivity index (χ4n) is 2.60. The van der Waals surface area contributed by atoms with E-state index in [2.05, 4.69) is 10.2 Å². The molecule has 1 aliphatic heterocycles. The van der Waals surface area contributed by atoms with Gasteiger partial charge in [-0.05, 0) is 30.7 Å². The minimum Gasteiger partial charge on any atom is -0.481 e. The normalized spacial score (nSPS) is 16.9. The second-order valence-electron chi connectivity index (χ2n) is 5.24. The molecule has 0 radical (unpaired) electrons. The lowest BCUT2D eigenvalue weighted by Crippen LogP contribution is -2.30. The van der Waals surface area contributed by atoms with Crippen LogP contribution >= 0.6 is 12.4 Å². The summed E-state index contributed by atoms with van der Waals surface area (Å²) in [5.41, 5.74) is 1.51. The molecule has 0 aliphatic carbocycles. The smallest absolute Gasteiger partial charge is 0.308 e. The first-order valence-corrected chi connectivity index (χ1v) is 6.87. The molecule has 1 saturated heterocycles. The van der Waals surface area contributed by atoms with Crippen molar-refractivity contribution in [3.05, 3.63) is 41.8 Å². The number of benzene rings is 1. The number of hydrogen-bond donors (Lipinski definition) is 2. The van der Waals surface area contributed by atoms with Crippen LogP contribution < -0.4 is 0 Å². The number of nitrogens with one attached hydrogen (secondary N) is 1. The maximum Gasteiger partial charge on any atom is 0.308 e. The van der Waals surface area contributed by atoms with Gasteiger partial charge in [-0.1, -0.05) is 0 Å². The Hall–Kier alpha value is -2.41. The molecule has 1 unspecified atom stereocenters. The molecule has 23 heavy (non-hydrogen) atoms. The number of aliphatic carboxylic acids is 1. The van der Waals surface area contributed by atoms with Gasteiger partial charge in [0.05, 0.1) is 23.4 Å². The van der Waals surface area contributed by atoms with Gasteiger partial charge in [0.1, 0.15) is 5.82 Å². The first-order valence-electron chi connectivity index (χ1n) is 6.87. The Labute approximate surface area is 137 Å². The number of aromatic nitrogens is 2. The Morgan fingerprint density at radius 3 is 2.61 bits per heavy atom. The molecule has 8 heteroatoms. The van der Waals surface area contributed by atoms with E-state index in [9.17, 15) is 14.0 Å². The molecule has 1 amide bonds. The van der Waals surface area contributed by atoms with Crippen molar-refractivity contribution in [3.8, 4) is 11.3 Å². The van der Waals surface area contributed by atoms with Crippen LogP contribution in [0.2, 0.25) is 0 Å². The molecule has 1 aromatic carbocycles. The number of carbonyl (C=O) groups is 2. The van der Waals surface area contributed by atoms with E-state index < -0.39 is 11.9 Å². The average molecular weight is 340 g/mol. The first-order chi connectivity index (χ1) is 10.6. The Morgan fingerprint density at radius 2 is 2.00 bits per heavy atom. The molecule has 1 fully saturated rings. The maximum atomic E-state index is 13.0. The molecule has 2 N–H and O–H groups in total. The summed E-state index contributed by atoms with van der Waals surface area (Å²) in [6, 6.07) is 5.73. The van der Waals surface area contributed by atoms with Crippen LogP contribution in [-0.2, 0) is 4.79 Å². The quantitative estimate of drug-likeness (QED) is 0.897. The van der Waals surface area contributed by atoms with E-state index in [1.165, 1.54) is 23.2 Å². The van der Waals surface area contributed by atoms with Gasteiger partial charge in [0.2, 0.25) is 0 Å². The summed E-state index contributed by atoms with van der Waals surface area (Å²) >= 11 is 0.